The lowest BCUT2D eigenvalue weighted by Crippen LogP contribution is -2.20. The molecule has 1 aromatic carbocycles. The largest absolute Gasteiger partial charge is 0.377 e. The minimum Gasteiger partial charge on any atom is -0.377 e. The van der Waals surface area contributed by atoms with E-state index in [-0.39, 0.29) is 23.7 Å². The van der Waals surface area contributed by atoms with Gasteiger partial charge in [-0.25, -0.2) is 0 Å². The number of rotatable bonds is 2. The molecule has 2 fully saturated rings. The molecule has 2 heterocycles. The molecule has 88 valence electrons. The van der Waals surface area contributed by atoms with E-state index in [1.165, 1.54) is 24.3 Å². The maximum absolute atomic E-state index is 12.0. The van der Waals surface area contributed by atoms with Crippen molar-refractivity contribution in [3.63, 3.8) is 0 Å². The zero-order valence-corrected chi connectivity index (χ0v) is 8.91. The number of nitro groups is 1. The topological polar surface area (TPSA) is 72.4 Å². The molecule has 2 atom stereocenters. The van der Waals surface area contributed by atoms with E-state index in [1.54, 1.807) is 4.90 Å². The van der Waals surface area contributed by atoms with Gasteiger partial charge in [-0.2, -0.15) is 0 Å². The summed E-state index contributed by atoms with van der Waals surface area (Å²) in [6.07, 6.45) is 0. The second kappa shape index (κ2) is 3.53. The summed E-state index contributed by atoms with van der Waals surface area (Å²) in [4.78, 5) is 23.8. The maximum Gasteiger partial charge on any atom is 0.269 e. The fourth-order valence-corrected chi connectivity index (χ4v) is 2.20. The number of hydrogen-bond acceptors (Lipinski definition) is 4. The number of benzene rings is 1. The third-order valence-corrected chi connectivity index (χ3v) is 3.21. The molecule has 6 heteroatoms. The van der Waals surface area contributed by atoms with E-state index < -0.39 is 4.92 Å². The quantitative estimate of drug-likeness (QED) is 0.431. The Morgan fingerprint density at radius 2 is 1.88 bits per heavy atom. The smallest absolute Gasteiger partial charge is 0.269 e. The molecular formula is C11H10N2O4. The highest BCUT2D eigenvalue weighted by Gasteiger charge is 2.54. The molecule has 0 saturated carbocycles. The monoisotopic (exact) mass is 234 g/mol. The van der Waals surface area contributed by atoms with Crippen molar-refractivity contribution in [1.82, 2.24) is 4.90 Å². The number of amides is 1. The molecule has 0 aromatic heterocycles. The minimum atomic E-state index is -0.478. The van der Waals surface area contributed by atoms with Crippen molar-refractivity contribution < 1.29 is 14.5 Å². The summed E-state index contributed by atoms with van der Waals surface area (Å²) < 4.78 is 5.19. The van der Waals surface area contributed by atoms with Gasteiger partial charge in [0.1, 0.15) is 0 Å². The lowest BCUT2D eigenvalue weighted by atomic mass is 10.2. The van der Waals surface area contributed by atoms with Crippen molar-refractivity contribution in [2.75, 3.05) is 13.2 Å². The number of nitro benzene ring substituents is 1. The summed E-state index contributed by atoms with van der Waals surface area (Å²) in [6, 6.07) is 6.10. The fourth-order valence-electron chi connectivity index (χ4n) is 2.20. The SMILES string of the molecule is O=C(c1ccc([N+](=O)[O-])cc1)N1[C@@H]2COC[C@@H]21. The van der Waals surface area contributed by atoms with Crippen LogP contribution in [0.15, 0.2) is 24.3 Å². The van der Waals surface area contributed by atoms with Gasteiger partial charge < -0.3 is 9.64 Å². The van der Waals surface area contributed by atoms with E-state index >= 15 is 0 Å². The van der Waals surface area contributed by atoms with Gasteiger partial charge >= 0.3 is 0 Å². The zero-order valence-electron chi connectivity index (χ0n) is 8.91. The average molecular weight is 234 g/mol. The van der Waals surface area contributed by atoms with Crippen molar-refractivity contribution >= 4 is 11.6 Å². The highest BCUT2D eigenvalue weighted by Crippen LogP contribution is 2.35. The van der Waals surface area contributed by atoms with E-state index in [0.717, 1.165) is 0 Å². The van der Waals surface area contributed by atoms with Crippen LogP contribution in [0.25, 0.3) is 0 Å². The Morgan fingerprint density at radius 1 is 1.29 bits per heavy atom. The number of carbonyl (C=O) groups is 1. The third kappa shape index (κ3) is 1.57. The summed E-state index contributed by atoms with van der Waals surface area (Å²) in [5, 5.41) is 10.5. The molecule has 1 amide bonds. The molecular weight excluding hydrogens is 224 g/mol. The standard InChI is InChI=1S/C11H10N2O4/c14-11(12-9-5-17-6-10(9)12)7-1-3-8(4-2-7)13(15)16/h1-4,9-10H,5-6H2/t9-,10+,12?. The molecule has 2 aliphatic heterocycles. The van der Waals surface area contributed by atoms with Crippen molar-refractivity contribution in [3.8, 4) is 0 Å². The van der Waals surface area contributed by atoms with Crippen LogP contribution < -0.4 is 0 Å². The Hall–Kier alpha value is -1.95. The second-order valence-electron chi connectivity index (χ2n) is 4.19. The highest BCUT2D eigenvalue weighted by atomic mass is 16.6. The van der Waals surface area contributed by atoms with E-state index in [1.807, 2.05) is 0 Å². The van der Waals surface area contributed by atoms with Crippen molar-refractivity contribution in [3.05, 3.63) is 39.9 Å². The lowest BCUT2D eigenvalue weighted by molar-refractivity contribution is -0.384. The fraction of sp³-hybridized carbons (Fsp3) is 0.364. The van der Waals surface area contributed by atoms with Crippen LogP contribution in [-0.4, -0.2) is 41.0 Å². The summed E-state index contributed by atoms with van der Waals surface area (Å²) >= 11 is 0. The van der Waals surface area contributed by atoms with Gasteiger partial charge in [0, 0.05) is 17.7 Å². The number of morpholine rings is 1. The molecule has 2 saturated heterocycles. The van der Waals surface area contributed by atoms with Gasteiger partial charge in [0.2, 0.25) is 0 Å². The van der Waals surface area contributed by atoms with E-state index in [4.69, 9.17) is 4.74 Å². The van der Waals surface area contributed by atoms with Gasteiger partial charge in [-0.3, -0.25) is 14.9 Å². The predicted octanol–water partition coefficient (Wildman–Crippen LogP) is 0.818. The van der Waals surface area contributed by atoms with E-state index in [2.05, 4.69) is 0 Å². The van der Waals surface area contributed by atoms with Crippen LogP contribution in [0.1, 0.15) is 10.4 Å². The molecule has 0 radical (unpaired) electrons. The van der Waals surface area contributed by atoms with Crippen LogP contribution in [0.3, 0.4) is 0 Å². The summed E-state index contributed by atoms with van der Waals surface area (Å²) in [5.74, 6) is -0.0711. The van der Waals surface area contributed by atoms with Crippen LogP contribution in [0.4, 0.5) is 5.69 Å². The first kappa shape index (κ1) is 10.2. The average Bonchev–Trinajstić information content (AvgIpc) is 2.81. The molecule has 0 aliphatic carbocycles. The Balaban J connectivity index is 1.76. The summed E-state index contributed by atoms with van der Waals surface area (Å²) in [5.41, 5.74) is 0.487. The molecule has 1 aromatic rings. The van der Waals surface area contributed by atoms with Crippen molar-refractivity contribution in [1.29, 1.82) is 0 Å². The molecule has 6 nitrogen and oxygen atoms in total. The van der Waals surface area contributed by atoms with Gasteiger partial charge in [0.15, 0.2) is 0 Å². The number of ether oxygens (including phenoxy) is 1. The van der Waals surface area contributed by atoms with E-state index in [9.17, 15) is 14.9 Å². The number of hydrogen-bond donors (Lipinski definition) is 0. The van der Waals surface area contributed by atoms with Crippen LogP contribution in [0.5, 0.6) is 0 Å². The molecule has 0 N–H and O–H groups in total. The molecule has 0 bridgehead atoms. The first-order chi connectivity index (χ1) is 8.18. The van der Waals surface area contributed by atoms with Gasteiger partial charge in [-0.05, 0) is 12.1 Å². The Kier molecular flexibility index (Phi) is 2.12. The molecule has 17 heavy (non-hydrogen) atoms. The van der Waals surface area contributed by atoms with Crippen molar-refractivity contribution in [2.45, 2.75) is 12.1 Å². The number of non-ortho nitro benzene ring substituents is 1. The second-order valence-corrected chi connectivity index (χ2v) is 4.19. The maximum atomic E-state index is 12.0. The van der Waals surface area contributed by atoms with Crippen LogP contribution in [0, 0.1) is 10.1 Å². The number of carbonyl (C=O) groups excluding carboxylic acids is 1. The van der Waals surface area contributed by atoms with Gasteiger partial charge in [-0.1, -0.05) is 0 Å². The Bertz CT molecular complexity index is 475. The molecule has 2 aliphatic rings. The molecule has 0 unspecified atom stereocenters. The van der Waals surface area contributed by atoms with Crippen LogP contribution >= 0.6 is 0 Å². The van der Waals surface area contributed by atoms with Crippen LogP contribution in [-0.2, 0) is 4.74 Å². The summed E-state index contributed by atoms with van der Waals surface area (Å²) in [6.45, 7) is 1.20. The normalized spacial score (nSPS) is 25.5. The molecule has 0 spiro atoms. The van der Waals surface area contributed by atoms with E-state index in [0.29, 0.717) is 18.8 Å². The zero-order chi connectivity index (χ0) is 12.0. The number of nitrogens with zero attached hydrogens (tertiary/aromatic N) is 2. The summed E-state index contributed by atoms with van der Waals surface area (Å²) in [7, 11) is 0. The number of fused-ring (bicyclic) bond motifs is 1. The van der Waals surface area contributed by atoms with Gasteiger partial charge in [-0.15, -0.1) is 0 Å². The Morgan fingerprint density at radius 3 is 2.41 bits per heavy atom. The predicted molar refractivity (Wildman–Crippen MR) is 57.7 cm³/mol. The van der Waals surface area contributed by atoms with Gasteiger partial charge in [0.05, 0.1) is 30.2 Å². The van der Waals surface area contributed by atoms with Crippen LogP contribution in [0.2, 0.25) is 0 Å². The molecule has 3 rings (SSSR count). The minimum absolute atomic E-state index is 0.00382. The highest BCUT2D eigenvalue weighted by molar-refractivity contribution is 5.96. The van der Waals surface area contributed by atoms with Crippen molar-refractivity contribution in [2.24, 2.45) is 0 Å². The lowest BCUT2D eigenvalue weighted by Gasteiger charge is -2.07. The van der Waals surface area contributed by atoms with Gasteiger partial charge in [0.25, 0.3) is 11.6 Å². The Labute approximate surface area is 96.9 Å². The first-order valence-electron chi connectivity index (χ1n) is 5.33. The first-order valence-corrected chi connectivity index (χ1v) is 5.33. The third-order valence-electron chi connectivity index (χ3n) is 3.21.